The van der Waals surface area contributed by atoms with Crippen molar-refractivity contribution in [3.05, 3.63) is 0 Å². The normalized spacial score (nSPS) is 19.4. The topological polar surface area (TPSA) is 58.6 Å². The van der Waals surface area contributed by atoms with Crippen molar-refractivity contribution in [3.8, 4) is 0 Å². The number of hydrogen-bond donors (Lipinski definition) is 2. The molecule has 1 aliphatic rings. The standard InChI is InChI=1S/C10H19NO3/c1-8(2)3-4-14-10(5-9(12)13)6-11-7-10/h8,11H,3-7H2,1-2H3,(H,12,13). The summed E-state index contributed by atoms with van der Waals surface area (Å²) in [5, 5.41) is 11.8. The van der Waals surface area contributed by atoms with Gasteiger partial charge >= 0.3 is 5.97 Å². The smallest absolute Gasteiger partial charge is 0.306 e. The van der Waals surface area contributed by atoms with E-state index < -0.39 is 11.6 Å². The van der Waals surface area contributed by atoms with Crippen LogP contribution in [0.4, 0.5) is 0 Å². The SMILES string of the molecule is CC(C)CCOC1(CC(=O)O)CNC1. The predicted molar refractivity (Wildman–Crippen MR) is 53.3 cm³/mol. The Kier molecular flexibility index (Phi) is 3.89. The molecule has 1 aliphatic heterocycles. The molecular formula is C10H19NO3. The first kappa shape index (κ1) is 11.5. The van der Waals surface area contributed by atoms with E-state index in [1.54, 1.807) is 0 Å². The van der Waals surface area contributed by atoms with Gasteiger partial charge < -0.3 is 15.2 Å². The zero-order valence-corrected chi connectivity index (χ0v) is 8.88. The zero-order chi connectivity index (χ0) is 10.6. The number of ether oxygens (including phenoxy) is 1. The fourth-order valence-corrected chi connectivity index (χ4v) is 1.47. The molecule has 1 heterocycles. The van der Waals surface area contributed by atoms with Crippen molar-refractivity contribution in [2.24, 2.45) is 5.92 Å². The summed E-state index contributed by atoms with van der Waals surface area (Å²) in [6.07, 6.45) is 1.10. The van der Waals surface area contributed by atoms with E-state index in [4.69, 9.17) is 9.84 Å². The van der Waals surface area contributed by atoms with E-state index in [-0.39, 0.29) is 6.42 Å². The fraction of sp³-hybridized carbons (Fsp3) is 0.900. The average molecular weight is 201 g/mol. The van der Waals surface area contributed by atoms with E-state index in [0.717, 1.165) is 6.42 Å². The molecule has 4 nitrogen and oxygen atoms in total. The number of rotatable bonds is 6. The van der Waals surface area contributed by atoms with E-state index in [0.29, 0.717) is 25.6 Å². The first-order valence-electron chi connectivity index (χ1n) is 5.10. The molecule has 1 rings (SSSR count). The zero-order valence-electron chi connectivity index (χ0n) is 8.88. The van der Waals surface area contributed by atoms with Crippen LogP contribution in [-0.2, 0) is 9.53 Å². The van der Waals surface area contributed by atoms with Crippen LogP contribution in [0.25, 0.3) is 0 Å². The molecule has 0 radical (unpaired) electrons. The van der Waals surface area contributed by atoms with Crippen LogP contribution < -0.4 is 5.32 Å². The van der Waals surface area contributed by atoms with Gasteiger partial charge in [-0.15, -0.1) is 0 Å². The van der Waals surface area contributed by atoms with Gasteiger partial charge in [-0.25, -0.2) is 0 Å². The molecule has 0 unspecified atom stereocenters. The lowest BCUT2D eigenvalue weighted by atomic mass is 9.92. The van der Waals surface area contributed by atoms with Crippen molar-refractivity contribution in [2.45, 2.75) is 32.3 Å². The van der Waals surface area contributed by atoms with E-state index >= 15 is 0 Å². The van der Waals surface area contributed by atoms with Gasteiger partial charge in [-0.05, 0) is 12.3 Å². The van der Waals surface area contributed by atoms with Crippen molar-refractivity contribution in [1.29, 1.82) is 0 Å². The Morgan fingerprint density at radius 1 is 1.57 bits per heavy atom. The van der Waals surface area contributed by atoms with Gasteiger partial charge in [0.25, 0.3) is 0 Å². The van der Waals surface area contributed by atoms with Crippen molar-refractivity contribution in [2.75, 3.05) is 19.7 Å². The highest BCUT2D eigenvalue weighted by Crippen LogP contribution is 2.22. The van der Waals surface area contributed by atoms with Gasteiger partial charge in [0.15, 0.2) is 0 Å². The highest BCUT2D eigenvalue weighted by atomic mass is 16.5. The maximum Gasteiger partial charge on any atom is 0.306 e. The minimum absolute atomic E-state index is 0.109. The van der Waals surface area contributed by atoms with Crippen molar-refractivity contribution in [3.63, 3.8) is 0 Å². The average Bonchev–Trinajstić information content (AvgIpc) is 1.98. The summed E-state index contributed by atoms with van der Waals surface area (Å²) < 4.78 is 5.64. The van der Waals surface area contributed by atoms with Gasteiger partial charge in [0.1, 0.15) is 5.60 Å². The Morgan fingerprint density at radius 3 is 2.57 bits per heavy atom. The quantitative estimate of drug-likeness (QED) is 0.669. The minimum Gasteiger partial charge on any atom is -0.481 e. The molecule has 0 bridgehead atoms. The third kappa shape index (κ3) is 3.27. The monoisotopic (exact) mass is 201 g/mol. The molecule has 14 heavy (non-hydrogen) atoms. The van der Waals surface area contributed by atoms with Crippen LogP contribution in [0.5, 0.6) is 0 Å². The maximum atomic E-state index is 10.6. The summed E-state index contributed by atoms with van der Waals surface area (Å²) in [5.74, 6) is -0.180. The molecule has 0 aliphatic carbocycles. The summed E-state index contributed by atoms with van der Waals surface area (Å²) in [5.41, 5.74) is -0.430. The lowest BCUT2D eigenvalue weighted by molar-refractivity contribution is -0.150. The number of hydrogen-bond acceptors (Lipinski definition) is 3. The first-order valence-corrected chi connectivity index (χ1v) is 5.10. The Hall–Kier alpha value is -0.610. The largest absolute Gasteiger partial charge is 0.481 e. The minimum atomic E-state index is -0.781. The van der Waals surface area contributed by atoms with Crippen molar-refractivity contribution in [1.82, 2.24) is 5.32 Å². The number of carboxylic acid groups (broad SMARTS) is 1. The van der Waals surface area contributed by atoms with Crippen LogP contribution >= 0.6 is 0 Å². The third-order valence-corrected chi connectivity index (χ3v) is 2.47. The Bertz CT molecular complexity index is 200. The lowest BCUT2D eigenvalue weighted by Crippen LogP contribution is -2.62. The fourth-order valence-electron chi connectivity index (χ4n) is 1.47. The van der Waals surface area contributed by atoms with Gasteiger partial charge in [0.2, 0.25) is 0 Å². The van der Waals surface area contributed by atoms with E-state index in [1.807, 2.05) is 0 Å². The molecule has 2 N–H and O–H groups in total. The van der Waals surface area contributed by atoms with Crippen molar-refractivity contribution < 1.29 is 14.6 Å². The van der Waals surface area contributed by atoms with Crippen LogP contribution in [0, 0.1) is 5.92 Å². The molecule has 0 aromatic heterocycles. The summed E-state index contributed by atoms with van der Waals surface area (Å²) >= 11 is 0. The molecule has 0 amide bonds. The number of carbonyl (C=O) groups is 1. The molecule has 0 aromatic carbocycles. The summed E-state index contributed by atoms with van der Waals surface area (Å²) in [7, 11) is 0. The van der Waals surface area contributed by atoms with Gasteiger partial charge in [-0.2, -0.15) is 0 Å². The summed E-state index contributed by atoms with van der Waals surface area (Å²) in [4.78, 5) is 10.6. The molecule has 0 atom stereocenters. The van der Waals surface area contributed by atoms with Gasteiger partial charge in [-0.1, -0.05) is 13.8 Å². The molecule has 0 spiro atoms. The number of carboxylic acids is 1. The van der Waals surface area contributed by atoms with Crippen molar-refractivity contribution >= 4 is 5.97 Å². The maximum absolute atomic E-state index is 10.6. The van der Waals surface area contributed by atoms with E-state index in [9.17, 15) is 4.79 Å². The second-order valence-corrected chi connectivity index (χ2v) is 4.39. The lowest BCUT2D eigenvalue weighted by Gasteiger charge is -2.41. The van der Waals surface area contributed by atoms with Crippen LogP contribution in [0.15, 0.2) is 0 Å². The summed E-state index contributed by atoms with van der Waals surface area (Å²) in [6, 6.07) is 0. The van der Waals surface area contributed by atoms with E-state index in [2.05, 4.69) is 19.2 Å². The molecule has 0 saturated carbocycles. The van der Waals surface area contributed by atoms with Gasteiger partial charge in [-0.3, -0.25) is 4.79 Å². The van der Waals surface area contributed by atoms with Gasteiger partial charge in [0, 0.05) is 19.7 Å². The molecule has 1 saturated heterocycles. The van der Waals surface area contributed by atoms with Crippen LogP contribution in [-0.4, -0.2) is 36.4 Å². The second kappa shape index (κ2) is 4.75. The Balaban J connectivity index is 2.27. The van der Waals surface area contributed by atoms with Crippen LogP contribution in [0.1, 0.15) is 26.7 Å². The van der Waals surface area contributed by atoms with Gasteiger partial charge in [0.05, 0.1) is 6.42 Å². The molecule has 1 fully saturated rings. The predicted octanol–water partition coefficient (Wildman–Crippen LogP) is 0.866. The molecular weight excluding hydrogens is 182 g/mol. The second-order valence-electron chi connectivity index (χ2n) is 4.39. The molecule has 0 aromatic rings. The van der Waals surface area contributed by atoms with Crippen LogP contribution in [0.2, 0.25) is 0 Å². The number of nitrogens with one attached hydrogen (secondary N) is 1. The Labute approximate surface area is 84.6 Å². The summed E-state index contributed by atoms with van der Waals surface area (Å²) in [6.45, 7) is 6.25. The highest BCUT2D eigenvalue weighted by molar-refractivity contribution is 5.68. The molecule has 4 heteroatoms. The van der Waals surface area contributed by atoms with Crippen LogP contribution in [0.3, 0.4) is 0 Å². The Morgan fingerprint density at radius 2 is 2.21 bits per heavy atom. The highest BCUT2D eigenvalue weighted by Gasteiger charge is 2.40. The first-order chi connectivity index (χ1) is 6.54. The third-order valence-electron chi connectivity index (χ3n) is 2.47. The molecule has 82 valence electrons. The van der Waals surface area contributed by atoms with E-state index in [1.165, 1.54) is 0 Å². The number of aliphatic carboxylic acids is 1.